The van der Waals surface area contributed by atoms with Crippen molar-refractivity contribution in [1.82, 2.24) is 15.5 Å². The highest BCUT2D eigenvalue weighted by Gasteiger charge is 2.78. The highest BCUT2D eigenvalue weighted by atomic mass is 16.5. The molecule has 3 saturated heterocycles. The minimum absolute atomic E-state index is 0.00893. The van der Waals surface area contributed by atoms with Gasteiger partial charge in [-0.25, -0.2) is 0 Å². The van der Waals surface area contributed by atoms with Gasteiger partial charge < -0.3 is 25.4 Å². The molecular formula is C22H37N3O5. The maximum atomic E-state index is 13.8. The lowest BCUT2D eigenvalue weighted by molar-refractivity contribution is -0.151. The zero-order valence-corrected chi connectivity index (χ0v) is 19.2. The minimum Gasteiger partial charge on any atom is -0.394 e. The fourth-order valence-electron chi connectivity index (χ4n) is 5.83. The first kappa shape index (κ1) is 23.0. The SMILES string of the molecule is CC[C@H](C)[C@H](CO)N1C(=O)[C@@H]2[C@H](C(=O)NC)[C@]3(C)CCC2(O3)C1C(=O)NC(C)(C)C. The number of hydrogen-bond acceptors (Lipinski definition) is 5. The first-order valence-corrected chi connectivity index (χ1v) is 11.0. The number of nitrogens with zero attached hydrogens (tertiary/aromatic N) is 1. The van der Waals surface area contributed by atoms with Gasteiger partial charge >= 0.3 is 0 Å². The van der Waals surface area contributed by atoms with Gasteiger partial charge in [0.1, 0.15) is 11.6 Å². The lowest BCUT2D eigenvalue weighted by atomic mass is 9.66. The molecular weight excluding hydrogens is 386 g/mol. The Kier molecular flexibility index (Phi) is 5.74. The van der Waals surface area contributed by atoms with Crippen molar-refractivity contribution in [3.05, 3.63) is 0 Å². The normalized spacial score (nSPS) is 37.1. The summed E-state index contributed by atoms with van der Waals surface area (Å²) in [6.45, 7) is 11.3. The lowest BCUT2D eigenvalue weighted by Gasteiger charge is -2.40. The summed E-state index contributed by atoms with van der Waals surface area (Å²) in [5.74, 6) is -2.19. The zero-order valence-electron chi connectivity index (χ0n) is 19.2. The summed E-state index contributed by atoms with van der Waals surface area (Å²) in [5, 5.41) is 15.9. The van der Waals surface area contributed by atoms with Crippen LogP contribution < -0.4 is 10.6 Å². The number of hydrogen-bond donors (Lipinski definition) is 3. The van der Waals surface area contributed by atoms with Crippen molar-refractivity contribution in [3.63, 3.8) is 0 Å². The smallest absolute Gasteiger partial charge is 0.246 e. The third-order valence-electron chi connectivity index (χ3n) is 7.34. The van der Waals surface area contributed by atoms with Crippen molar-refractivity contribution in [2.75, 3.05) is 13.7 Å². The van der Waals surface area contributed by atoms with Crippen molar-refractivity contribution in [1.29, 1.82) is 0 Å². The van der Waals surface area contributed by atoms with Crippen LogP contribution in [0, 0.1) is 17.8 Å². The third kappa shape index (κ3) is 3.23. The molecule has 3 heterocycles. The largest absolute Gasteiger partial charge is 0.394 e. The molecule has 0 aromatic carbocycles. The van der Waals surface area contributed by atoms with Crippen molar-refractivity contribution in [3.8, 4) is 0 Å². The summed E-state index contributed by atoms with van der Waals surface area (Å²) in [4.78, 5) is 41.7. The van der Waals surface area contributed by atoms with Crippen LogP contribution in [0.15, 0.2) is 0 Å². The number of carbonyl (C=O) groups excluding carboxylic acids is 3. The number of fused-ring (bicyclic) bond motifs is 1. The molecule has 0 radical (unpaired) electrons. The van der Waals surface area contributed by atoms with E-state index in [1.807, 2.05) is 41.5 Å². The number of likely N-dealkylation sites (tertiary alicyclic amines) is 1. The maximum Gasteiger partial charge on any atom is 0.246 e. The Balaban J connectivity index is 2.13. The van der Waals surface area contributed by atoms with Crippen molar-refractivity contribution >= 4 is 17.7 Å². The van der Waals surface area contributed by atoms with Crippen LogP contribution in [-0.2, 0) is 19.1 Å². The van der Waals surface area contributed by atoms with Gasteiger partial charge in [-0.1, -0.05) is 20.3 Å². The van der Waals surface area contributed by atoms with Crippen LogP contribution in [0.4, 0.5) is 0 Å². The summed E-state index contributed by atoms with van der Waals surface area (Å²) < 4.78 is 6.50. The maximum absolute atomic E-state index is 13.8. The summed E-state index contributed by atoms with van der Waals surface area (Å²) in [7, 11) is 1.56. The van der Waals surface area contributed by atoms with E-state index in [2.05, 4.69) is 10.6 Å². The second-order valence-corrected chi connectivity index (χ2v) is 10.5. The van der Waals surface area contributed by atoms with Crippen LogP contribution in [-0.4, -0.2) is 70.2 Å². The van der Waals surface area contributed by atoms with Gasteiger partial charge in [0.15, 0.2) is 0 Å². The molecule has 3 aliphatic rings. The quantitative estimate of drug-likeness (QED) is 0.586. The van der Waals surface area contributed by atoms with Gasteiger partial charge in [0, 0.05) is 12.6 Å². The molecule has 0 aromatic rings. The molecule has 170 valence electrons. The van der Waals surface area contributed by atoms with Crippen LogP contribution in [0.25, 0.3) is 0 Å². The highest BCUT2D eigenvalue weighted by Crippen LogP contribution is 2.63. The molecule has 2 unspecified atom stereocenters. The van der Waals surface area contributed by atoms with Gasteiger partial charge in [0.25, 0.3) is 0 Å². The summed E-state index contributed by atoms with van der Waals surface area (Å²) in [5.41, 5.74) is -2.33. The summed E-state index contributed by atoms with van der Waals surface area (Å²) in [6.07, 6.45) is 1.89. The number of ether oxygens (including phenoxy) is 1. The van der Waals surface area contributed by atoms with Gasteiger partial charge in [-0.15, -0.1) is 0 Å². The van der Waals surface area contributed by atoms with Gasteiger partial charge in [-0.3, -0.25) is 14.4 Å². The average molecular weight is 424 g/mol. The number of amides is 3. The zero-order chi connectivity index (χ0) is 22.6. The van der Waals surface area contributed by atoms with Crippen molar-refractivity contribution in [2.24, 2.45) is 17.8 Å². The second-order valence-electron chi connectivity index (χ2n) is 10.5. The number of aliphatic hydroxyl groups excluding tert-OH is 1. The predicted molar refractivity (Wildman–Crippen MR) is 111 cm³/mol. The van der Waals surface area contributed by atoms with Gasteiger partial charge in [0.2, 0.25) is 17.7 Å². The number of aliphatic hydroxyl groups is 1. The van der Waals surface area contributed by atoms with Gasteiger partial charge in [-0.2, -0.15) is 0 Å². The van der Waals surface area contributed by atoms with E-state index in [-0.39, 0.29) is 30.2 Å². The molecule has 3 aliphatic heterocycles. The molecule has 8 nitrogen and oxygen atoms in total. The van der Waals surface area contributed by atoms with E-state index in [4.69, 9.17) is 4.74 Å². The molecule has 0 saturated carbocycles. The first-order chi connectivity index (χ1) is 13.9. The Bertz CT molecular complexity index is 735. The molecule has 2 bridgehead atoms. The molecule has 3 amide bonds. The van der Waals surface area contributed by atoms with Crippen LogP contribution in [0.2, 0.25) is 0 Å². The Morgan fingerprint density at radius 1 is 1.30 bits per heavy atom. The molecule has 30 heavy (non-hydrogen) atoms. The van der Waals surface area contributed by atoms with E-state index in [0.717, 1.165) is 6.42 Å². The Morgan fingerprint density at radius 3 is 2.43 bits per heavy atom. The fourth-order valence-corrected chi connectivity index (χ4v) is 5.83. The Hall–Kier alpha value is -1.67. The predicted octanol–water partition coefficient (Wildman–Crippen LogP) is 0.819. The number of carbonyl (C=O) groups is 3. The van der Waals surface area contributed by atoms with Crippen LogP contribution in [0.3, 0.4) is 0 Å². The summed E-state index contributed by atoms with van der Waals surface area (Å²) in [6, 6.07) is -1.39. The Morgan fingerprint density at radius 2 is 1.93 bits per heavy atom. The van der Waals surface area contributed by atoms with Crippen LogP contribution in [0.5, 0.6) is 0 Å². The topological polar surface area (TPSA) is 108 Å². The van der Waals surface area contributed by atoms with Crippen molar-refractivity contribution in [2.45, 2.75) is 89.6 Å². The standard InChI is InChI=1S/C22H37N3O5/c1-8-12(2)13(11-26)25-16(18(28)24-20(3,4)5)22-10-9-21(6,30-22)14(17(27)23-7)15(22)19(25)29/h12-16,26H,8-11H2,1-7H3,(H,23,27)(H,24,28)/t12-,13-,14+,15-,16?,21-,22?/m0/s1. The molecule has 3 fully saturated rings. The van der Waals surface area contributed by atoms with Gasteiger partial charge in [0.05, 0.1) is 30.1 Å². The molecule has 3 N–H and O–H groups in total. The molecule has 8 heteroatoms. The molecule has 1 spiro atoms. The number of nitrogens with one attached hydrogen (secondary N) is 2. The Labute approximate surface area is 179 Å². The van der Waals surface area contributed by atoms with Crippen LogP contribution in [0.1, 0.15) is 60.8 Å². The van der Waals surface area contributed by atoms with E-state index < -0.39 is 40.7 Å². The average Bonchev–Trinajstić information content (AvgIpc) is 3.21. The lowest BCUT2D eigenvalue weighted by Crippen LogP contribution is -2.61. The molecule has 0 aliphatic carbocycles. The van der Waals surface area contributed by atoms with Crippen LogP contribution >= 0.6 is 0 Å². The third-order valence-corrected chi connectivity index (χ3v) is 7.34. The molecule has 3 rings (SSSR count). The molecule has 0 aromatic heterocycles. The van der Waals surface area contributed by atoms with E-state index >= 15 is 0 Å². The van der Waals surface area contributed by atoms with Gasteiger partial charge in [-0.05, 0) is 46.5 Å². The van der Waals surface area contributed by atoms with E-state index in [1.165, 1.54) is 0 Å². The summed E-state index contributed by atoms with van der Waals surface area (Å²) >= 11 is 0. The number of rotatable bonds is 6. The highest BCUT2D eigenvalue weighted by molar-refractivity contribution is 5.99. The first-order valence-electron chi connectivity index (χ1n) is 11.0. The second kappa shape index (κ2) is 7.48. The van der Waals surface area contributed by atoms with E-state index in [9.17, 15) is 19.5 Å². The fraction of sp³-hybridized carbons (Fsp3) is 0.864. The monoisotopic (exact) mass is 423 g/mol. The van der Waals surface area contributed by atoms with E-state index in [0.29, 0.717) is 12.8 Å². The minimum atomic E-state index is -1.06. The molecule has 7 atom stereocenters. The van der Waals surface area contributed by atoms with Crippen molar-refractivity contribution < 1.29 is 24.2 Å². The van der Waals surface area contributed by atoms with E-state index in [1.54, 1.807) is 11.9 Å².